The summed E-state index contributed by atoms with van der Waals surface area (Å²) in [5.74, 6) is -0.906. The number of aromatic nitrogens is 2. The monoisotopic (exact) mass is 547 g/mol. The minimum atomic E-state index is -0.958. The number of carboxylic acids is 1. The predicted octanol–water partition coefficient (Wildman–Crippen LogP) is 6.69. The van der Waals surface area contributed by atoms with Crippen LogP contribution in [0.3, 0.4) is 0 Å². The van der Waals surface area contributed by atoms with Crippen molar-refractivity contribution in [2.75, 3.05) is 13.2 Å². The van der Waals surface area contributed by atoms with E-state index in [9.17, 15) is 14.7 Å². The zero-order valence-electron chi connectivity index (χ0n) is 23.4. The van der Waals surface area contributed by atoms with Crippen LogP contribution in [0, 0.1) is 6.92 Å². The lowest BCUT2D eigenvalue weighted by Gasteiger charge is -2.14. The van der Waals surface area contributed by atoms with Gasteiger partial charge >= 0.3 is 5.97 Å². The van der Waals surface area contributed by atoms with Gasteiger partial charge in [-0.1, -0.05) is 79.7 Å². The number of nitrogens with zero attached hydrogens (tertiary/aromatic N) is 2. The van der Waals surface area contributed by atoms with Crippen LogP contribution in [0.1, 0.15) is 57.2 Å². The van der Waals surface area contributed by atoms with Crippen molar-refractivity contribution in [1.29, 1.82) is 0 Å². The first-order chi connectivity index (χ1) is 19.9. The molecular formula is C34H33N3O4. The number of aromatic carboxylic acids is 1. The number of aryl methyl sites for hydroxylation is 1. The largest absolute Gasteiger partial charge is 0.478 e. The quantitative estimate of drug-likeness (QED) is 0.203. The van der Waals surface area contributed by atoms with Crippen molar-refractivity contribution in [1.82, 2.24) is 14.9 Å². The Bertz CT molecular complexity index is 1690. The molecule has 1 atom stereocenters. The van der Waals surface area contributed by atoms with Crippen LogP contribution < -0.4 is 10.1 Å². The number of benzene rings is 4. The third-order valence-electron chi connectivity index (χ3n) is 7.25. The average Bonchev–Trinajstić information content (AvgIpc) is 3.34. The molecule has 0 spiro atoms. The number of rotatable bonds is 10. The molecule has 1 amide bonds. The summed E-state index contributed by atoms with van der Waals surface area (Å²) in [6.45, 7) is 7.42. The van der Waals surface area contributed by atoms with Crippen LogP contribution in [0.5, 0.6) is 6.01 Å². The first-order valence-electron chi connectivity index (χ1n) is 13.7. The number of carbonyl (C=O) groups excluding carboxylic acids is 1. The summed E-state index contributed by atoms with van der Waals surface area (Å²) >= 11 is 0. The van der Waals surface area contributed by atoms with Crippen molar-refractivity contribution in [3.05, 3.63) is 119 Å². The van der Waals surface area contributed by atoms with Gasteiger partial charge in [0.2, 0.25) is 0 Å². The van der Waals surface area contributed by atoms with Crippen molar-refractivity contribution in [3.63, 3.8) is 0 Å². The van der Waals surface area contributed by atoms with Gasteiger partial charge in [-0.3, -0.25) is 9.36 Å². The van der Waals surface area contributed by atoms with E-state index in [4.69, 9.17) is 9.72 Å². The zero-order valence-corrected chi connectivity index (χ0v) is 23.4. The fraction of sp³-hybridized carbons (Fsp3) is 0.206. The van der Waals surface area contributed by atoms with Gasteiger partial charge in [-0.05, 0) is 65.8 Å². The number of ether oxygens (including phenoxy) is 1. The third-order valence-corrected chi connectivity index (χ3v) is 7.25. The molecule has 5 rings (SSSR count). The second kappa shape index (κ2) is 12.1. The first kappa shape index (κ1) is 27.6. The fourth-order valence-electron chi connectivity index (χ4n) is 5.04. The van der Waals surface area contributed by atoms with Gasteiger partial charge in [0, 0.05) is 12.1 Å². The Morgan fingerprint density at radius 3 is 2.39 bits per heavy atom. The molecule has 41 heavy (non-hydrogen) atoms. The van der Waals surface area contributed by atoms with Gasteiger partial charge in [-0.15, -0.1) is 0 Å². The number of hydrogen-bond acceptors (Lipinski definition) is 4. The molecule has 7 nitrogen and oxygen atoms in total. The molecule has 208 valence electrons. The highest BCUT2D eigenvalue weighted by Gasteiger charge is 2.18. The van der Waals surface area contributed by atoms with E-state index >= 15 is 0 Å². The normalized spacial score (nSPS) is 11.8. The van der Waals surface area contributed by atoms with Gasteiger partial charge in [0.25, 0.3) is 11.9 Å². The SMILES string of the molecule is CCOc1nc2c(C)cc(C(=O)NC[C@@H](C)c3ccccc3)cc2n1Cc1ccc(-c2ccccc2C(=O)O)cc1. The van der Waals surface area contributed by atoms with Gasteiger partial charge in [0.15, 0.2) is 0 Å². The Hall–Kier alpha value is -4.91. The lowest BCUT2D eigenvalue weighted by molar-refractivity contribution is 0.0697. The standard InChI is InChI=1S/C34H33N3O4/c1-4-41-34-36-31-22(2)18-27(32(38)35-20-23(3)25-10-6-5-7-11-25)19-30(31)37(34)21-24-14-16-26(17-15-24)28-12-8-9-13-29(28)33(39)40/h5-19,23H,4,20-21H2,1-3H3,(H,35,38)(H,39,40)/t23-/m1/s1. The predicted molar refractivity (Wildman–Crippen MR) is 161 cm³/mol. The van der Waals surface area contributed by atoms with E-state index in [1.807, 2.05) is 85.1 Å². The summed E-state index contributed by atoms with van der Waals surface area (Å²) in [7, 11) is 0. The van der Waals surface area contributed by atoms with E-state index in [-0.39, 0.29) is 17.4 Å². The van der Waals surface area contributed by atoms with Crippen LogP contribution in [0.4, 0.5) is 0 Å². The highest BCUT2D eigenvalue weighted by molar-refractivity contribution is 5.98. The molecule has 4 aromatic carbocycles. The Balaban J connectivity index is 1.42. The third kappa shape index (κ3) is 5.99. The highest BCUT2D eigenvalue weighted by atomic mass is 16.5. The molecule has 0 saturated carbocycles. The molecule has 0 aliphatic carbocycles. The van der Waals surface area contributed by atoms with E-state index in [1.165, 1.54) is 5.56 Å². The number of amides is 1. The van der Waals surface area contributed by atoms with Crippen molar-refractivity contribution >= 4 is 22.9 Å². The fourth-order valence-corrected chi connectivity index (χ4v) is 5.04. The lowest BCUT2D eigenvalue weighted by Crippen LogP contribution is -2.27. The Kier molecular flexibility index (Phi) is 8.15. The molecule has 0 aliphatic heterocycles. The molecule has 1 aromatic heterocycles. The minimum absolute atomic E-state index is 0.134. The maximum absolute atomic E-state index is 13.2. The minimum Gasteiger partial charge on any atom is -0.478 e. The Morgan fingerprint density at radius 2 is 1.68 bits per heavy atom. The molecule has 7 heteroatoms. The number of carboxylic acid groups (broad SMARTS) is 1. The number of imidazole rings is 1. The second-order valence-corrected chi connectivity index (χ2v) is 10.1. The van der Waals surface area contributed by atoms with E-state index in [1.54, 1.807) is 12.1 Å². The summed E-state index contributed by atoms with van der Waals surface area (Å²) in [6.07, 6.45) is 0. The van der Waals surface area contributed by atoms with Crippen LogP contribution in [0.25, 0.3) is 22.2 Å². The molecule has 2 N–H and O–H groups in total. The van der Waals surface area contributed by atoms with Crippen molar-refractivity contribution in [2.24, 2.45) is 0 Å². The summed E-state index contributed by atoms with van der Waals surface area (Å²) < 4.78 is 7.88. The van der Waals surface area contributed by atoms with Crippen LogP contribution >= 0.6 is 0 Å². The number of fused-ring (bicyclic) bond motifs is 1. The molecule has 5 aromatic rings. The smallest absolute Gasteiger partial charge is 0.336 e. The van der Waals surface area contributed by atoms with Crippen LogP contribution in [-0.2, 0) is 6.54 Å². The average molecular weight is 548 g/mol. The van der Waals surface area contributed by atoms with Crippen LogP contribution in [0.2, 0.25) is 0 Å². The number of carbonyl (C=O) groups is 2. The summed E-state index contributed by atoms with van der Waals surface area (Å²) in [4.78, 5) is 29.7. The molecule has 0 unspecified atom stereocenters. The Labute approximate surface area is 239 Å². The maximum Gasteiger partial charge on any atom is 0.336 e. The van der Waals surface area contributed by atoms with Crippen LogP contribution in [-0.4, -0.2) is 39.7 Å². The van der Waals surface area contributed by atoms with E-state index < -0.39 is 5.97 Å². The van der Waals surface area contributed by atoms with Crippen molar-refractivity contribution in [2.45, 2.75) is 33.2 Å². The topological polar surface area (TPSA) is 93.5 Å². The van der Waals surface area contributed by atoms with Gasteiger partial charge in [-0.2, -0.15) is 4.98 Å². The summed E-state index contributed by atoms with van der Waals surface area (Å²) in [5, 5.41) is 12.7. The van der Waals surface area contributed by atoms with Gasteiger partial charge in [0.1, 0.15) is 0 Å². The van der Waals surface area contributed by atoms with E-state index in [2.05, 4.69) is 24.4 Å². The molecular weight excluding hydrogens is 514 g/mol. The van der Waals surface area contributed by atoms with Crippen molar-refractivity contribution < 1.29 is 19.4 Å². The molecule has 0 fully saturated rings. The summed E-state index contributed by atoms with van der Waals surface area (Å²) in [6, 6.07) is 29.1. The molecule has 1 heterocycles. The van der Waals surface area contributed by atoms with Gasteiger partial charge < -0.3 is 15.2 Å². The number of hydrogen-bond donors (Lipinski definition) is 2. The molecule has 0 saturated heterocycles. The number of nitrogens with one attached hydrogen (secondary N) is 1. The van der Waals surface area contributed by atoms with E-state index in [0.29, 0.717) is 36.8 Å². The highest BCUT2D eigenvalue weighted by Crippen LogP contribution is 2.29. The van der Waals surface area contributed by atoms with Crippen LogP contribution in [0.15, 0.2) is 91.0 Å². The lowest BCUT2D eigenvalue weighted by atomic mass is 9.99. The molecule has 0 aliphatic rings. The van der Waals surface area contributed by atoms with Crippen molar-refractivity contribution in [3.8, 4) is 17.1 Å². The second-order valence-electron chi connectivity index (χ2n) is 10.1. The van der Waals surface area contributed by atoms with E-state index in [0.717, 1.165) is 27.7 Å². The zero-order chi connectivity index (χ0) is 28.9. The summed E-state index contributed by atoms with van der Waals surface area (Å²) in [5.41, 5.74) is 6.99. The molecule has 0 radical (unpaired) electrons. The first-order valence-corrected chi connectivity index (χ1v) is 13.7. The van der Waals surface area contributed by atoms with Gasteiger partial charge in [0.05, 0.1) is 29.7 Å². The Morgan fingerprint density at radius 1 is 0.976 bits per heavy atom. The van der Waals surface area contributed by atoms with Gasteiger partial charge in [-0.25, -0.2) is 4.79 Å². The molecule has 0 bridgehead atoms. The maximum atomic E-state index is 13.2.